The summed E-state index contributed by atoms with van der Waals surface area (Å²) >= 11 is 0. The Morgan fingerprint density at radius 2 is 1.08 bits per heavy atom. The topological polar surface area (TPSA) is 475 Å². The number of aliphatic carboxylic acids is 3. The molecule has 1 aliphatic rings. The van der Waals surface area contributed by atoms with E-state index in [2.05, 4.69) is 42.5 Å². The first-order chi connectivity index (χ1) is 35.1. The van der Waals surface area contributed by atoms with Gasteiger partial charge in [0.2, 0.25) is 59.1 Å². The summed E-state index contributed by atoms with van der Waals surface area (Å²) in [5.41, 5.74) is 11.4. The minimum atomic E-state index is -1.71. The molecule has 0 bridgehead atoms. The molecule has 11 atom stereocenters. The lowest BCUT2D eigenvalue weighted by Gasteiger charge is -2.30. The maximum Gasteiger partial charge on any atom is 0.326 e. The van der Waals surface area contributed by atoms with Crippen molar-refractivity contribution >= 4 is 77.0 Å². The van der Waals surface area contributed by atoms with Crippen molar-refractivity contribution in [2.75, 3.05) is 13.2 Å². The third-order valence-corrected chi connectivity index (χ3v) is 11.7. The van der Waals surface area contributed by atoms with Gasteiger partial charge >= 0.3 is 17.9 Å². The highest BCUT2D eigenvalue weighted by Crippen LogP contribution is 2.20. The molecule has 29 heteroatoms. The van der Waals surface area contributed by atoms with Crippen LogP contribution in [0.4, 0.5) is 0 Å². The second-order valence-electron chi connectivity index (χ2n) is 18.2. The molecular weight excluding hydrogens is 995 g/mol. The Morgan fingerprint density at radius 3 is 1.57 bits per heavy atom. The zero-order valence-corrected chi connectivity index (χ0v) is 42.0. The minimum Gasteiger partial charge on any atom is -0.481 e. The van der Waals surface area contributed by atoms with Gasteiger partial charge in [0.05, 0.1) is 25.2 Å². The van der Waals surface area contributed by atoms with Crippen LogP contribution >= 0.6 is 0 Å². The van der Waals surface area contributed by atoms with E-state index in [4.69, 9.17) is 16.6 Å². The van der Waals surface area contributed by atoms with Crippen LogP contribution in [-0.2, 0) is 68.7 Å². The van der Waals surface area contributed by atoms with Gasteiger partial charge in [0, 0.05) is 25.8 Å². The van der Waals surface area contributed by atoms with Crippen LogP contribution in [0, 0.1) is 5.92 Å². The van der Waals surface area contributed by atoms with Crippen molar-refractivity contribution in [3.05, 3.63) is 35.9 Å². The molecule has 17 N–H and O–H groups in total. The van der Waals surface area contributed by atoms with Gasteiger partial charge in [0.25, 0.3) is 0 Å². The molecule has 0 unspecified atom stereocenters. The monoisotopic (exact) mass is 1060 g/mol. The molecule has 0 saturated carbocycles. The third-order valence-electron chi connectivity index (χ3n) is 11.7. The molecule has 0 aliphatic carbocycles. The largest absolute Gasteiger partial charge is 0.481 e. The quantitative estimate of drug-likeness (QED) is 0.0329. The van der Waals surface area contributed by atoms with Gasteiger partial charge in [-0.1, -0.05) is 44.2 Å². The van der Waals surface area contributed by atoms with Crippen molar-refractivity contribution in [2.45, 2.75) is 153 Å². The van der Waals surface area contributed by atoms with Gasteiger partial charge < -0.3 is 84.4 Å². The fraction of sp³-hybridized carbons (Fsp3) is 0.587. The molecule has 0 aromatic heterocycles. The number of aliphatic hydroxyl groups excluding tert-OH is 2. The summed E-state index contributed by atoms with van der Waals surface area (Å²) in [6.07, 6.45) is -4.28. The molecule has 1 saturated heterocycles. The summed E-state index contributed by atoms with van der Waals surface area (Å²) in [6.45, 7) is 5.54. The molecule has 1 aliphatic heterocycles. The Bertz CT molecular complexity index is 2250. The number of primary amides is 1. The summed E-state index contributed by atoms with van der Waals surface area (Å²) < 4.78 is 0. The number of amides is 10. The fourth-order valence-corrected chi connectivity index (χ4v) is 7.42. The van der Waals surface area contributed by atoms with E-state index >= 15 is 0 Å². The molecule has 416 valence electrons. The van der Waals surface area contributed by atoms with E-state index in [1.807, 2.05) is 0 Å². The van der Waals surface area contributed by atoms with Crippen LogP contribution in [0.25, 0.3) is 0 Å². The highest BCUT2D eigenvalue weighted by Gasteiger charge is 2.41. The molecule has 1 aromatic rings. The van der Waals surface area contributed by atoms with E-state index in [9.17, 15) is 82.8 Å². The van der Waals surface area contributed by atoms with Crippen molar-refractivity contribution in [3.8, 4) is 0 Å². The van der Waals surface area contributed by atoms with Crippen LogP contribution in [0.3, 0.4) is 0 Å². The second kappa shape index (κ2) is 30.4. The maximum atomic E-state index is 14.0. The Hall–Kier alpha value is -7.79. The zero-order chi connectivity index (χ0) is 56.9. The Balaban J connectivity index is 2.27. The van der Waals surface area contributed by atoms with Crippen LogP contribution in [0.1, 0.15) is 85.1 Å². The highest BCUT2D eigenvalue weighted by atomic mass is 16.4. The lowest BCUT2D eigenvalue weighted by molar-refractivity contribution is -0.150. The van der Waals surface area contributed by atoms with E-state index in [1.165, 1.54) is 20.8 Å². The molecule has 1 aromatic carbocycles. The smallest absolute Gasteiger partial charge is 0.326 e. The predicted octanol–water partition coefficient (Wildman–Crippen LogP) is -5.82. The number of carbonyl (C=O) groups is 13. The number of rotatable bonds is 31. The number of nitrogens with zero attached hydrogens (tertiary/aromatic N) is 1. The molecule has 29 nitrogen and oxygen atoms in total. The number of carboxylic acids is 3. The van der Waals surface area contributed by atoms with Crippen LogP contribution in [0.5, 0.6) is 0 Å². The number of nitrogens with two attached hydrogens (primary N) is 2. The van der Waals surface area contributed by atoms with Crippen LogP contribution in [-0.4, -0.2) is 187 Å². The van der Waals surface area contributed by atoms with Crippen molar-refractivity contribution in [3.63, 3.8) is 0 Å². The van der Waals surface area contributed by atoms with E-state index in [0.29, 0.717) is 12.0 Å². The lowest BCUT2D eigenvalue weighted by Crippen LogP contribution is -2.61. The summed E-state index contributed by atoms with van der Waals surface area (Å²) in [5, 5.41) is 67.1. The van der Waals surface area contributed by atoms with Gasteiger partial charge in [0.15, 0.2) is 0 Å². The van der Waals surface area contributed by atoms with Crippen molar-refractivity contribution in [1.29, 1.82) is 0 Å². The standard InChI is InChI=1S/C46H69N11O18/c1-21(2)35(55-39(67)26(47)19-34(63)64)44(72)54-30(20-58)43(71)50-22(3)37(65)51-27(13-15-32(48)60)40(68)49-23(4)38(66)53-29(18-25-10-7-6-8-11-25)42(70)52-28(14-16-33(61)62)41(69)56-36(24(5)59)45(73)57-17-9-12-31(57)46(74)75/h6-8,10-11,21-24,26-31,35-36,58-59H,9,12-20,47H2,1-5H3,(H2,48,60)(H,49,68)(H,50,71)(H,51,65)(H,52,70)(H,53,66)(H,54,72)(H,55,67)(H,56,69)(H,61,62)(H,63,64)(H,74,75)/t22-,23-,24+,26-,27-,28-,29-,30-,31-,35-,36-/m0/s1. The van der Waals surface area contributed by atoms with Crippen LogP contribution < -0.4 is 54.0 Å². The second-order valence-corrected chi connectivity index (χ2v) is 18.2. The predicted molar refractivity (Wildman–Crippen MR) is 258 cm³/mol. The lowest BCUT2D eigenvalue weighted by atomic mass is 10.0. The van der Waals surface area contributed by atoms with Gasteiger partial charge in [-0.3, -0.25) is 57.5 Å². The van der Waals surface area contributed by atoms with Gasteiger partial charge in [-0.2, -0.15) is 0 Å². The third kappa shape index (κ3) is 20.9. The summed E-state index contributed by atoms with van der Waals surface area (Å²) in [6, 6.07) is -7.30. The average molecular weight is 1060 g/mol. The molecule has 0 spiro atoms. The Labute approximate surface area is 430 Å². The Kier molecular flexibility index (Phi) is 25.7. The summed E-state index contributed by atoms with van der Waals surface area (Å²) in [5.74, 6) is -14.9. The number of carboxylic acid groups (broad SMARTS) is 3. The van der Waals surface area contributed by atoms with E-state index in [0.717, 1.165) is 18.7 Å². The number of likely N-dealkylation sites (tertiary alicyclic amines) is 1. The van der Waals surface area contributed by atoms with Gasteiger partial charge in [0.1, 0.15) is 54.4 Å². The Morgan fingerprint density at radius 1 is 0.600 bits per heavy atom. The molecule has 75 heavy (non-hydrogen) atoms. The van der Waals surface area contributed by atoms with E-state index in [-0.39, 0.29) is 19.4 Å². The minimum absolute atomic E-state index is 0.00954. The molecule has 10 amide bonds. The van der Waals surface area contributed by atoms with Crippen molar-refractivity contribution in [1.82, 2.24) is 47.4 Å². The van der Waals surface area contributed by atoms with Crippen molar-refractivity contribution < 1.29 is 87.9 Å². The first-order valence-corrected chi connectivity index (χ1v) is 23.8. The summed E-state index contributed by atoms with van der Waals surface area (Å²) in [4.78, 5) is 168. The number of hydrogen-bond acceptors (Lipinski definition) is 16. The van der Waals surface area contributed by atoms with E-state index in [1.54, 1.807) is 30.3 Å². The fourth-order valence-electron chi connectivity index (χ4n) is 7.42. The van der Waals surface area contributed by atoms with Crippen LogP contribution in [0.15, 0.2) is 30.3 Å². The number of hydrogen-bond donors (Lipinski definition) is 15. The molecule has 1 heterocycles. The van der Waals surface area contributed by atoms with Crippen LogP contribution in [0.2, 0.25) is 0 Å². The number of aliphatic hydroxyl groups is 2. The normalized spacial score (nSPS) is 17.1. The van der Waals surface area contributed by atoms with E-state index < -0.39 is 188 Å². The van der Waals surface area contributed by atoms with Gasteiger partial charge in [-0.25, -0.2) is 4.79 Å². The first kappa shape index (κ1) is 63.3. The highest BCUT2D eigenvalue weighted by molar-refractivity contribution is 5.99. The molecular formula is C46H69N11O18. The van der Waals surface area contributed by atoms with Gasteiger partial charge in [-0.05, 0) is 57.9 Å². The first-order valence-electron chi connectivity index (χ1n) is 23.8. The molecule has 2 rings (SSSR count). The summed E-state index contributed by atoms with van der Waals surface area (Å²) in [7, 11) is 0. The maximum absolute atomic E-state index is 14.0. The SMILES string of the molecule is CC(C)[C@H](NC(=O)[C@@H](N)CC(=O)O)C(=O)N[C@@H](CO)C(=O)N[C@@H](C)C(=O)N[C@@H](CCC(N)=O)C(=O)N[C@@H](C)C(=O)N[C@@H](Cc1ccccc1)C(=O)N[C@@H](CCC(=O)O)C(=O)N[C@H](C(=O)N1CCC[C@H]1C(=O)O)[C@@H](C)O. The average Bonchev–Trinajstić information content (AvgIpc) is 3.84. The zero-order valence-electron chi connectivity index (χ0n) is 42.0. The van der Waals surface area contributed by atoms with Crippen molar-refractivity contribution in [2.24, 2.45) is 17.4 Å². The number of nitrogens with one attached hydrogen (secondary N) is 8. The number of benzene rings is 1. The van der Waals surface area contributed by atoms with Gasteiger partial charge in [-0.15, -0.1) is 0 Å². The molecule has 0 radical (unpaired) electrons. The number of carbonyl (C=O) groups excluding carboxylic acids is 10. The molecule has 1 fully saturated rings.